The molecule has 0 spiro atoms. The lowest BCUT2D eigenvalue weighted by Gasteiger charge is -2.26. The number of aliphatic hydroxyl groups is 1. The number of ether oxygens (including phenoxy) is 3. The Morgan fingerprint density at radius 2 is 1.62 bits per heavy atom. The van der Waals surface area contributed by atoms with Crippen molar-refractivity contribution >= 4 is 23.1 Å². The van der Waals surface area contributed by atoms with Crippen LogP contribution in [0.5, 0.6) is 23.0 Å². The number of Topliss-reactive ketones (excluding diaryl/α,β-unsaturated/α-hetero) is 1. The molecule has 2 N–H and O–H groups in total. The second-order valence-corrected chi connectivity index (χ2v) is 9.82. The van der Waals surface area contributed by atoms with Crippen molar-refractivity contribution in [2.24, 2.45) is 0 Å². The highest BCUT2D eigenvalue weighted by Gasteiger charge is 2.47. The Balaban J connectivity index is 1.97. The number of hydrogen-bond acceptors (Lipinski definition) is 7. The van der Waals surface area contributed by atoms with Gasteiger partial charge in [-0.05, 0) is 91.9 Å². The van der Waals surface area contributed by atoms with E-state index in [0.29, 0.717) is 47.1 Å². The molecule has 0 bridgehead atoms. The number of aryl methyl sites for hydroxylation is 1. The highest BCUT2D eigenvalue weighted by molar-refractivity contribution is 6.51. The minimum absolute atomic E-state index is 0.0602. The first-order valence-electron chi connectivity index (χ1n) is 13.3. The van der Waals surface area contributed by atoms with Crippen molar-refractivity contribution in [2.45, 2.75) is 46.6 Å². The molecule has 4 rings (SSSR count). The lowest BCUT2D eigenvalue weighted by molar-refractivity contribution is -0.132. The highest BCUT2D eigenvalue weighted by Crippen LogP contribution is 2.45. The summed E-state index contributed by atoms with van der Waals surface area (Å²) in [4.78, 5) is 28.6. The number of phenols is 1. The van der Waals surface area contributed by atoms with Gasteiger partial charge in [0, 0.05) is 11.3 Å². The summed E-state index contributed by atoms with van der Waals surface area (Å²) < 4.78 is 16.7. The minimum atomic E-state index is -0.984. The molecule has 1 aliphatic rings. The summed E-state index contributed by atoms with van der Waals surface area (Å²) in [5.74, 6) is -0.370. The number of rotatable bonds is 9. The van der Waals surface area contributed by atoms with Gasteiger partial charge in [-0.25, -0.2) is 0 Å². The van der Waals surface area contributed by atoms with E-state index in [2.05, 4.69) is 0 Å². The highest BCUT2D eigenvalue weighted by atomic mass is 16.5. The van der Waals surface area contributed by atoms with Gasteiger partial charge in [0.2, 0.25) is 0 Å². The number of carbonyl (C=O) groups excluding carboxylic acids is 2. The van der Waals surface area contributed by atoms with E-state index in [0.717, 1.165) is 5.56 Å². The van der Waals surface area contributed by atoms with E-state index in [-0.39, 0.29) is 28.7 Å². The fourth-order valence-corrected chi connectivity index (χ4v) is 4.98. The molecular weight excluding hydrogens is 510 g/mol. The Morgan fingerprint density at radius 1 is 0.950 bits per heavy atom. The Kier molecular flexibility index (Phi) is 8.38. The quantitative estimate of drug-likeness (QED) is 0.186. The molecule has 3 aromatic carbocycles. The van der Waals surface area contributed by atoms with E-state index in [1.165, 1.54) is 11.0 Å². The summed E-state index contributed by atoms with van der Waals surface area (Å²) in [6, 6.07) is 14.1. The van der Waals surface area contributed by atoms with E-state index in [1.807, 2.05) is 33.8 Å². The molecule has 1 saturated heterocycles. The van der Waals surface area contributed by atoms with Crippen molar-refractivity contribution in [2.75, 3.05) is 25.2 Å². The molecule has 0 saturated carbocycles. The molecule has 1 atom stereocenters. The number of phenolic OH excluding ortho intramolecular Hbond substituents is 1. The molecule has 0 aliphatic carbocycles. The maximum Gasteiger partial charge on any atom is 0.300 e. The predicted molar refractivity (Wildman–Crippen MR) is 153 cm³/mol. The SMILES string of the molecule is CCOc1ccc(N2C(=O)C(=O)/C(=C(/O)c3cc(C(C)C)c(OC)cc3C)C2c2ccc(O)c(OCC)c2)cc1. The van der Waals surface area contributed by atoms with Crippen LogP contribution in [0, 0.1) is 6.92 Å². The van der Waals surface area contributed by atoms with Gasteiger partial charge < -0.3 is 24.4 Å². The molecule has 8 heteroatoms. The van der Waals surface area contributed by atoms with Crippen LogP contribution in [0.3, 0.4) is 0 Å². The van der Waals surface area contributed by atoms with Gasteiger partial charge >= 0.3 is 0 Å². The van der Waals surface area contributed by atoms with Gasteiger partial charge in [0.25, 0.3) is 11.7 Å². The molecule has 1 aliphatic heterocycles. The van der Waals surface area contributed by atoms with Gasteiger partial charge in [0.05, 0.1) is 31.9 Å². The molecule has 1 unspecified atom stereocenters. The van der Waals surface area contributed by atoms with E-state index in [1.54, 1.807) is 56.5 Å². The number of ketones is 1. The second-order valence-electron chi connectivity index (χ2n) is 9.82. The number of nitrogens with zero attached hydrogens (tertiary/aromatic N) is 1. The molecule has 0 aromatic heterocycles. The second kappa shape index (κ2) is 11.7. The van der Waals surface area contributed by atoms with Gasteiger partial charge in [-0.2, -0.15) is 0 Å². The summed E-state index contributed by atoms with van der Waals surface area (Å²) in [6.45, 7) is 10.3. The number of carbonyl (C=O) groups is 2. The van der Waals surface area contributed by atoms with Crippen LogP contribution in [-0.2, 0) is 9.59 Å². The van der Waals surface area contributed by atoms with Crippen LogP contribution >= 0.6 is 0 Å². The fourth-order valence-electron chi connectivity index (χ4n) is 4.98. The van der Waals surface area contributed by atoms with Gasteiger partial charge in [0.1, 0.15) is 17.3 Å². The molecule has 0 radical (unpaired) electrons. The number of anilines is 1. The fraction of sp³-hybridized carbons (Fsp3) is 0.312. The number of amides is 1. The van der Waals surface area contributed by atoms with Gasteiger partial charge in [-0.1, -0.05) is 19.9 Å². The molecule has 210 valence electrons. The monoisotopic (exact) mass is 545 g/mol. The standard InChI is InChI=1S/C32H35NO7/c1-7-39-22-12-10-21(11-13-22)33-29(20-9-14-25(34)27(16-20)40-8-2)28(31(36)32(33)37)30(35)24-17-23(18(3)4)26(38-6)15-19(24)5/h9-18,29,34-35H,7-8H2,1-6H3/b30-28+. The summed E-state index contributed by atoms with van der Waals surface area (Å²) in [7, 11) is 1.59. The first-order valence-corrected chi connectivity index (χ1v) is 13.3. The zero-order chi connectivity index (χ0) is 29.1. The summed E-state index contributed by atoms with van der Waals surface area (Å²) in [5.41, 5.74) is 2.86. The maximum atomic E-state index is 13.6. The zero-order valence-corrected chi connectivity index (χ0v) is 23.6. The first kappa shape index (κ1) is 28.5. The van der Waals surface area contributed by atoms with Crippen LogP contribution < -0.4 is 19.1 Å². The minimum Gasteiger partial charge on any atom is -0.507 e. The Bertz CT molecular complexity index is 1460. The van der Waals surface area contributed by atoms with E-state index in [4.69, 9.17) is 14.2 Å². The number of aliphatic hydroxyl groups excluding tert-OH is 1. The van der Waals surface area contributed by atoms with Gasteiger partial charge in [0.15, 0.2) is 11.5 Å². The number of aromatic hydroxyl groups is 1. The van der Waals surface area contributed by atoms with Crippen molar-refractivity contribution in [3.05, 3.63) is 82.4 Å². The van der Waals surface area contributed by atoms with Crippen molar-refractivity contribution in [1.82, 2.24) is 0 Å². The van der Waals surface area contributed by atoms with Crippen LogP contribution in [0.2, 0.25) is 0 Å². The van der Waals surface area contributed by atoms with Crippen LogP contribution in [0.1, 0.15) is 61.9 Å². The van der Waals surface area contributed by atoms with Crippen LogP contribution in [-0.4, -0.2) is 42.2 Å². The average molecular weight is 546 g/mol. The summed E-state index contributed by atoms with van der Waals surface area (Å²) in [6.07, 6.45) is 0. The smallest absolute Gasteiger partial charge is 0.300 e. The third kappa shape index (κ3) is 5.21. The van der Waals surface area contributed by atoms with Gasteiger partial charge in [-0.15, -0.1) is 0 Å². The predicted octanol–water partition coefficient (Wildman–Crippen LogP) is 6.26. The van der Waals surface area contributed by atoms with Crippen LogP contribution in [0.15, 0.2) is 60.2 Å². The van der Waals surface area contributed by atoms with Crippen LogP contribution in [0.4, 0.5) is 5.69 Å². The summed E-state index contributed by atoms with van der Waals surface area (Å²) in [5, 5.41) is 22.1. The normalized spacial score (nSPS) is 16.5. The molecule has 8 nitrogen and oxygen atoms in total. The third-order valence-electron chi connectivity index (χ3n) is 6.92. The Morgan fingerprint density at radius 3 is 2.23 bits per heavy atom. The van der Waals surface area contributed by atoms with E-state index in [9.17, 15) is 19.8 Å². The molecule has 1 fully saturated rings. The Labute approximate surface area is 234 Å². The first-order chi connectivity index (χ1) is 19.1. The maximum absolute atomic E-state index is 13.6. The molecular formula is C32H35NO7. The summed E-state index contributed by atoms with van der Waals surface area (Å²) >= 11 is 0. The third-order valence-corrected chi connectivity index (χ3v) is 6.92. The van der Waals surface area contributed by atoms with Gasteiger partial charge in [-0.3, -0.25) is 14.5 Å². The molecule has 1 amide bonds. The largest absolute Gasteiger partial charge is 0.507 e. The number of benzene rings is 3. The van der Waals surface area contributed by atoms with Crippen molar-refractivity contribution in [3.63, 3.8) is 0 Å². The molecule has 1 heterocycles. The Hall–Kier alpha value is -4.46. The number of methoxy groups -OCH3 is 1. The molecule has 3 aromatic rings. The lowest BCUT2D eigenvalue weighted by Crippen LogP contribution is -2.29. The van der Waals surface area contributed by atoms with Crippen molar-refractivity contribution in [1.29, 1.82) is 0 Å². The topological polar surface area (TPSA) is 106 Å². The zero-order valence-electron chi connectivity index (χ0n) is 23.6. The van der Waals surface area contributed by atoms with E-state index < -0.39 is 17.7 Å². The van der Waals surface area contributed by atoms with Crippen molar-refractivity contribution < 1.29 is 34.0 Å². The average Bonchev–Trinajstić information content (AvgIpc) is 3.20. The van der Waals surface area contributed by atoms with Crippen LogP contribution in [0.25, 0.3) is 5.76 Å². The van der Waals surface area contributed by atoms with Crippen molar-refractivity contribution in [3.8, 4) is 23.0 Å². The lowest BCUT2D eigenvalue weighted by atomic mass is 9.91. The number of hydrogen-bond donors (Lipinski definition) is 2. The van der Waals surface area contributed by atoms with E-state index >= 15 is 0 Å². The molecule has 40 heavy (non-hydrogen) atoms.